The number of aromatic amines is 1. The Labute approximate surface area is 97.9 Å². The van der Waals surface area contributed by atoms with E-state index in [0.717, 1.165) is 11.4 Å². The molecule has 7 nitrogen and oxygen atoms in total. The van der Waals surface area contributed by atoms with Crippen LogP contribution in [0.15, 0.2) is 23.1 Å². The first-order valence-electron chi connectivity index (χ1n) is 4.86. The minimum atomic E-state index is -0.412. The maximum Gasteiger partial charge on any atom is 0.346 e. The molecule has 0 saturated heterocycles. The SMILES string of the molecule is Cc1cc(C)nc(N)n1.Nc1ccnc(=O)[nH]1. The van der Waals surface area contributed by atoms with Gasteiger partial charge in [0.25, 0.3) is 0 Å². The van der Waals surface area contributed by atoms with Gasteiger partial charge in [-0.1, -0.05) is 0 Å². The van der Waals surface area contributed by atoms with Gasteiger partial charge in [0, 0.05) is 17.6 Å². The van der Waals surface area contributed by atoms with Crippen LogP contribution < -0.4 is 17.2 Å². The second-order valence-corrected chi connectivity index (χ2v) is 3.34. The second-order valence-electron chi connectivity index (χ2n) is 3.34. The maximum atomic E-state index is 10.2. The molecule has 0 aliphatic heterocycles. The van der Waals surface area contributed by atoms with E-state index in [0.29, 0.717) is 11.8 Å². The number of nitrogen functional groups attached to an aromatic ring is 2. The van der Waals surface area contributed by atoms with Crippen molar-refractivity contribution in [1.29, 1.82) is 0 Å². The summed E-state index contributed by atoms with van der Waals surface area (Å²) in [7, 11) is 0. The Morgan fingerprint density at radius 2 is 1.76 bits per heavy atom. The molecule has 90 valence electrons. The number of rotatable bonds is 0. The fourth-order valence-corrected chi connectivity index (χ4v) is 1.14. The van der Waals surface area contributed by atoms with Crippen LogP contribution in [0, 0.1) is 13.8 Å². The van der Waals surface area contributed by atoms with Crippen LogP contribution in [-0.4, -0.2) is 19.9 Å². The highest BCUT2D eigenvalue weighted by molar-refractivity contribution is 5.22. The van der Waals surface area contributed by atoms with E-state index in [2.05, 4.69) is 19.9 Å². The van der Waals surface area contributed by atoms with Crippen molar-refractivity contribution >= 4 is 11.8 Å². The van der Waals surface area contributed by atoms with E-state index in [1.807, 2.05) is 19.9 Å². The Kier molecular flexibility index (Phi) is 4.15. The molecule has 0 amide bonds. The van der Waals surface area contributed by atoms with Crippen molar-refractivity contribution in [3.63, 3.8) is 0 Å². The summed E-state index contributed by atoms with van der Waals surface area (Å²) in [5, 5.41) is 0. The summed E-state index contributed by atoms with van der Waals surface area (Å²) in [5.41, 5.74) is 11.9. The fraction of sp³-hybridized carbons (Fsp3) is 0.200. The van der Waals surface area contributed by atoms with Gasteiger partial charge in [-0.15, -0.1) is 0 Å². The molecule has 5 N–H and O–H groups in total. The molecule has 7 heteroatoms. The van der Waals surface area contributed by atoms with Crippen molar-refractivity contribution in [3.8, 4) is 0 Å². The van der Waals surface area contributed by atoms with Crippen molar-refractivity contribution in [3.05, 3.63) is 40.2 Å². The fourth-order valence-electron chi connectivity index (χ4n) is 1.14. The molecule has 0 unspecified atom stereocenters. The van der Waals surface area contributed by atoms with Crippen LogP contribution in [0.4, 0.5) is 11.8 Å². The summed E-state index contributed by atoms with van der Waals surface area (Å²) in [4.78, 5) is 23.7. The highest BCUT2D eigenvalue weighted by Crippen LogP contribution is 1.98. The molecule has 0 aliphatic carbocycles. The zero-order valence-electron chi connectivity index (χ0n) is 9.64. The van der Waals surface area contributed by atoms with Gasteiger partial charge in [0.1, 0.15) is 5.82 Å². The number of hydrogen-bond acceptors (Lipinski definition) is 6. The molecule has 0 fully saturated rings. The zero-order valence-corrected chi connectivity index (χ0v) is 9.64. The number of H-pyrrole nitrogens is 1. The molecule has 2 rings (SSSR count). The van der Waals surface area contributed by atoms with E-state index < -0.39 is 5.69 Å². The van der Waals surface area contributed by atoms with Gasteiger partial charge < -0.3 is 11.5 Å². The first kappa shape index (κ1) is 12.6. The third-order valence-corrected chi connectivity index (χ3v) is 1.70. The van der Waals surface area contributed by atoms with Crippen LogP contribution in [0.3, 0.4) is 0 Å². The Balaban J connectivity index is 0.000000171. The lowest BCUT2D eigenvalue weighted by Gasteiger charge is -1.94. The number of nitrogens with one attached hydrogen (secondary N) is 1. The van der Waals surface area contributed by atoms with Crippen molar-refractivity contribution in [2.24, 2.45) is 0 Å². The number of hydrogen-bond donors (Lipinski definition) is 3. The topological polar surface area (TPSA) is 124 Å². The third kappa shape index (κ3) is 4.74. The maximum absolute atomic E-state index is 10.2. The van der Waals surface area contributed by atoms with Crippen LogP contribution in [0.1, 0.15) is 11.4 Å². The quantitative estimate of drug-likeness (QED) is 0.590. The molecule has 2 aromatic rings. The summed E-state index contributed by atoms with van der Waals surface area (Å²) in [6, 6.07) is 3.40. The zero-order chi connectivity index (χ0) is 12.8. The number of nitrogens with zero attached hydrogens (tertiary/aromatic N) is 3. The summed E-state index contributed by atoms with van der Waals surface area (Å²) >= 11 is 0. The van der Waals surface area contributed by atoms with Crippen LogP contribution in [0.5, 0.6) is 0 Å². The van der Waals surface area contributed by atoms with Crippen LogP contribution >= 0.6 is 0 Å². The van der Waals surface area contributed by atoms with E-state index in [1.165, 1.54) is 12.3 Å². The highest BCUT2D eigenvalue weighted by Gasteiger charge is 1.90. The molecule has 17 heavy (non-hydrogen) atoms. The number of aryl methyl sites for hydroxylation is 2. The van der Waals surface area contributed by atoms with E-state index in [4.69, 9.17) is 11.5 Å². The predicted octanol–water partition coefficient (Wildman–Crippen LogP) is 0.0277. The van der Waals surface area contributed by atoms with Gasteiger partial charge in [0.2, 0.25) is 5.95 Å². The molecule has 2 aromatic heterocycles. The van der Waals surface area contributed by atoms with Crippen LogP contribution in [-0.2, 0) is 0 Å². The van der Waals surface area contributed by atoms with E-state index in [1.54, 1.807) is 0 Å². The molecular formula is C10H14N6O. The molecule has 0 aromatic carbocycles. The van der Waals surface area contributed by atoms with Crippen LogP contribution in [0.25, 0.3) is 0 Å². The Bertz CT molecular complexity index is 500. The smallest absolute Gasteiger partial charge is 0.346 e. The Morgan fingerprint density at radius 1 is 1.18 bits per heavy atom. The number of aromatic nitrogens is 4. The molecule has 0 saturated carbocycles. The average Bonchev–Trinajstić information content (AvgIpc) is 2.15. The molecular weight excluding hydrogens is 220 g/mol. The van der Waals surface area contributed by atoms with Crippen molar-refractivity contribution in [2.45, 2.75) is 13.8 Å². The molecule has 0 radical (unpaired) electrons. The molecule has 0 spiro atoms. The summed E-state index contributed by atoms with van der Waals surface area (Å²) in [6.07, 6.45) is 1.36. The molecule has 0 bridgehead atoms. The Hall–Kier alpha value is -2.44. The third-order valence-electron chi connectivity index (χ3n) is 1.70. The standard InChI is InChI=1S/C6H9N3.C4H5N3O/c1-4-3-5(2)9-6(7)8-4;5-3-1-2-6-4(8)7-3/h3H,1-2H3,(H2,7,8,9);1-2H,(H3,5,6,7,8). The van der Waals surface area contributed by atoms with Crippen molar-refractivity contribution in [1.82, 2.24) is 19.9 Å². The minimum absolute atomic E-state index is 0.338. The lowest BCUT2D eigenvalue weighted by Crippen LogP contribution is -2.10. The first-order valence-corrected chi connectivity index (χ1v) is 4.86. The van der Waals surface area contributed by atoms with Gasteiger partial charge >= 0.3 is 5.69 Å². The largest absolute Gasteiger partial charge is 0.385 e. The van der Waals surface area contributed by atoms with Crippen molar-refractivity contribution < 1.29 is 0 Å². The van der Waals surface area contributed by atoms with Gasteiger partial charge in [-0.25, -0.2) is 19.7 Å². The first-order chi connectivity index (χ1) is 7.97. The molecule has 0 atom stereocenters. The van der Waals surface area contributed by atoms with Gasteiger partial charge in [0.05, 0.1) is 0 Å². The predicted molar refractivity (Wildman–Crippen MR) is 65.2 cm³/mol. The normalized spacial score (nSPS) is 9.29. The number of nitrogens with two attached hydrogens (primary N) is 2. The second kappa shape index (κ2) is 5.59. The van der Waals surface area contributed by atoms with Gasteiger partial charge in [-0.2, -0.15) is 0 Å². The van der Waals surface area contributed by atoms with E-state index in [-0.39, 0.29) is 0 Å². The number of anilines is 2. The molecule has 0 aliphatic rings. The van der Waals surface area contributed by atoms with Gasteiger partial charge in [-0.3, -0.25) is 4.98 Å². The average molecular weight is 234 g/mol. The summed E-state index contributed by atoms with van der Waals surface area (Å²) < 4.78 is 0. The Morgan fingerprint density at radius 3 is 2.12 bits per heavy atom. The lowest BCUT2D eigenvalue weighted by atomic mass is 10.4. The van der Waals surface area contributed by atoms with Crippen LogP contribution in [0.2, 0.25) is 0 Å². The molecule has 2 heterocycles. The van der Waals surface area contributed by atoms with E-state index >= 15 is 0 Å². The van der Waals surface area contributed by atoms with E-state index in [9.17, 15) is 4.79 Å². The minimum Gasteiger partial charge on any atom is -0.385 e. The summed E-state index contributed by atoms with van der Waals surface area (Å²) in [5.74, 6) is 0.692. The lowest BCUT2D eigenvalue weighted by molar-refractivity contribution is 1.07. The van der Waals surface area contributed by atoms with Gasteiger partial charge in [0.15, 0.2) is 0 Å². The highest BCUT2D eigenvalue weighted by atomic mass is 16.1. The van der Waals surface area contributed by atoms with Crippen molar-refractivity contribution in [2.75, 3.05) is 11.5 Å². The summed E-state index contributed by atoms with van der Waals surface area (Å²) in [6.45, 7) is 3.79. The van der Waals surface area contributed by atoms with Gasteiger partial charge in [-0.05, 0) is 26.0 Å². The monoisotopic (exact) mass is 234 g/mol.